The van der Waals surface area contributed by atoms with Gasteiger partial charge in [0.25, 0.3) is 5.91 Å². The van der Waals surface area contributed by atoms with Gasteiger partial charge in [0.1, 0.15) is 17.8 Å². The SMILES string of the molecule is O=CN1CCN(c2cc(C(=O)NCc3ccccn3)ncn2)CC1. The number of nitrogens with zero attached hydrogens (tertiary/aromatic N) is 5. The van der Waals surface area contributed by atoms with Gasteiger partial charge in [-0.1, -0.05) is 6.07 Å². The van der Waals surface area contributed by atoms with E-state index in [1.807, 2.05) is 23.1 Å². The minimum Gasteiger partial charge on any atom is -0.353 e. The van der Waals surface area contributed by atoms with Crippen molar-refractivity contribution in [2.75, 3.05) is 31.1 Å². The van der Waals surface area contributed by atoms with Crippen LogP contribution in [0.5, 0.6) is 0 Å². The Morgan fingerprint density at radius 1 is 1.17 bits per heavy atom. The summed E-state index contributed by atoms with van der Waals surface area (Å²) < 4.78 is 0. The largest absolute Gasteiger partial charge is 0.353 e. The third-order valence-electron chi connectivity index (χ3n) is 3.83. The highest BCUT2D eigenvalue weighted by molar-refractivity contribution is 5.92. The Morgan fingerprint density at radius 3 is 2.71 bits per heavy atom. The number of nitrogens with one attached hydrogen (secondary N) is 1. The molecule has 0 aliphatic carbocycles. The van der Waals surface area contributed by atoms with Gasteiger partial charge in [-0.3, -0.25) is 14.6 Å². The molecule has 0 bridgehead atoms. The zero-order valence-corrected chi connectivity index (χ0v) is 13.1. The lowest BCUT2D eigenvalue weighted by molar-refractivity contribution is -0.118. The molecule has 0 radical (unpaired) electrons. The van der Waals surface area contributed by atoms with E-state index in [9.17, 15) is 9.59 Å². The molecule has 0 spiro atoms. The third-order valence-corrected chi connectivity index (χ3v) is 3.83. The summed E-state index contributed by atoms with van der Waals surface area (Å²) in [6.07, 6.45) is 3.92. The quantitative estimate of drug-likeness (QED) is 0.783. The summed E-state index contributed by atoms with van der Waals surface area (Å²) in [6.45, 7) is 3.01. The maximum absolute atomic E-state index is 12.2. The van der Waals surface area contributed by atoms with Crippen LogP contribution < -0.4 is 10.2 Å². The first kappa shape index (κ1) is 15.9. The minimum absolute atomic E-state index is 0.268. The highest BCUT2D eigenvalue weighted by Crippen LogP contribution is 2.13. The number of anilines is 1. The van der Waals surface area contributed by atoms with E-state index in [4.69, 9.17) is 0 Å². The van der Waals surface area contributed by atoms with Crippen LogP contribution in [0.25, 0.3) is 0 Å². The van der Waals surface area contributed by atoms with E-state index >= 15 is 0 Å². The summed E-state index contributed by atoms with van der Waals surface area (Å²) in [7, 11) is 0. The zero-order valence-electron chi connectivity index (χ0n) is 13.1. The van der Waals surface area contributed by atoms with Crippen molar-refractivity contribution in [2.45, 2.75) is 6.54 Å². The van der Waals surface area contributed by atoms with Crippen molar-refractivity contribution < 1.29 is 9.59 Å². The Labute approximate surface area is 139 Å². The number of rotatable bonds is 5. The summed E-state index contributed by atoms with van der Waals surface area (Å²) in [5, 5.41) is 2.80. The number of piperazine rings is 1. The number of aromatic nitrogens is 3. The average Bonchev–Trinajstić information content (AvgIpc) is 2.67. The van der Waals surface area contributed by atoms with Crippen LogP contribution in [0.15, 0.2) is 36.8 Å². The van der Waals surface area contributed by atoms with E-state index in [2.05, 4.69) is 20.3 Å². The van der Waals surface area contributed by atoms with Crippen molar-refractivity contribution in [3.8, 4) is 0 Å². The first-order valence-electron chi connectivity index (χ1n) is 7.71. The van der Waals surface area contributed by atoms with Crippen molar-refractivity contribution in [2.24, 2.45) is 0 Å². The van der Waals surface area contributed by atoms with Crippen molar-refractivity contribution in [3.63, 3.8) is 0 Å². The van der Waals surface area contributed by atoms with E-state index in [-0.39, 0.29) is 5.91 Å². The van der Waals surface area contributed by atoms with Crippen molar-refractivity contribution in [3.05, 3.63) is 48.2 Å². The van der Waals surface area contributed by atoms with Gasteiger partial charge >= 0.3 is 0 Å². The van der Waals surface area contributed by atoms with Crippen LogP contribution >= 0.6 is 0 Å². The second-order valence-electron chi connectivity index (χ2n) is 5.39. The van der Waals surface area contributed by atoms with Crippen molar-refractivity contribution in [1.82, 2.24) is 25.2 Å². The summed E-state index contributed by atoms with van der Waals surface area (Å²) >= 11 is 0. The van der Waals surface area contributed by atoms with E-state index in [0.29, 0.717) is 44.2 Å². The van der Waals surface area contributed by atoms with Crippen LogP contribution in [0, 0.1) is 0 Å². The number of carbonyl (C=O) groups is 2. The molecule has 1 fully saturated rings. The van der Waals surface area contributed by atoms with Crippen molar-refractivity contribution in [1.29, 1.82) is 0 Å². The predicted octanol–water partition coefficient (Wildman–Crippen LogP) is 0.0800. The first-order chi connectivity index (χ1) is 11.8. The standard InChI is InChI=1S/C16H18N6O2/c23-12-21-5-7-22(8-6-21)15-9-14(19-11-20-15)16(24)18-10-13-3-1-2-4-17-13/h1-4,9,11-12H,5-8,10H2,(H,18,24). The van der Waals surface area contributed by atoms with Gasteiger partial charge in [0.2, 0.25) is 6.41 Å². The van der Waals surface area contributed by atoms with Crippen LogP contribution in [-0.4, -0.2) is 58.3 Å². The second kappa shape index (κ2) is 7.49. The predicted molar refractivity (Wildman–Crippen MR) is 87.3 cm³/mol. The molecule has 24 heavy (non-hydrogen) atoms. The van der Waals surface area contributed by atoms with E-state index in [0.717, 1.165) is 12.1 Å². The van der Waals surface area contributed by atoms with E-state index in [1.54, 1.807) is 17.2 Å². The molecule has 0 aromatic carbocycles. The van der Waals surface area contributed by atoms with Gasteiger partial charge in [-0.25, -0.2) is 9.97 Å². The third kappa shape index (κ3) is 3.83. The first-order valence-corrected chi connectivity index (χ1v) is 7.71. The highest BCUT2D eigenvalue weighted by Gasteiger charge is 2.18. The molecule has 1 saturated heterocycles. The van der Waals surface area contributed by atoms with Crippen LogP contribution in [0.2, 0.25) is 0 Å². The summed E-state index contributed by atoms with van der Waals surface area (Å²) in [5.74, 6) is 0.425. The molecule has 8 nitrogen and oxygen atoms in total. The molecular weight excluding hydrogens is 308 g/mol. The summed E-state index contributed by atoms with van der Waals surface area (Å²) in [4.78, 5) is 39.2. The molecule has 2 amide bonds. The fourth-order valence-corrected chi connectivity index (χ4v) is 2.46. The zero-order chi connectivity index (χ0) is 16.8. The number of hydrogen-bond donors (Lipinski definition) is 1. The Hall–Kier alpha value is -3.03. The van der Waals surface area contributed by atoms with E-state index < -0.39 is 0 Å². The van der Waals surface area contributed by atoms with Gasteiger partial charge in [-0.2, -0.15) is 0 Å². The molecule has 124 valence electrons. The number of carbonyl (C=O) groups excluding carboxylic acids is 2. The average molecular weight is 326 g/mol. The lowest BCUT2D eigenvalue weighted by atomic mass is 10.3. The van der Waals surface area contributed by atoms with Crippen LogP contribution in [0.3, 0.4) is 0 Å². The highest BCUT2D eigenvalue weighted by atomic mass is 16.2. The molecule has 3 rings (SSSR count). The molecule has 1 aliphatic rings. The van der Waals surface area contributed by atoms with Gasteiger partial charge in [-0.05, 0) is 12.1 Å². The van der Waals surface area contributed by atoms with Crippen LogP contribution in [0.4, 0.5) is 5.82 Å². The van der Waals surface area contributed by atoms with Gasteiger partial charge in [0, 0.05) is 38.4 Å². The lowest BCUT2D eigenvalue weighted by Crippen LogP contribution is -2.46. The Balaban J connectivity index is 1.62. The molecule has 3 heterocycles. The molecule has 1 aliphatic heterocycles. The van der Waals surface area contributed by atoms with Crippen LogP contribution in [0.1, 0.15) is 16.2 Å². The van der Waals surface area contributed by atoms with Crippen LogP contribution in [-0.2, 0) is 11.3 Å². The molecule has 0 atom stereocenters. The molecule has 2 aromatic rings. The van der Waals surface area contributed by atoms with Gasteiger partial charge < -0.3 is 15.1 Å². The topological polar surface area (TPSA) is 91.3 Å². The normalized spacial score (nSPS) is 14.3. The molecule has 0 unspecified atom stereocenters. The van der Waals surface area contributed by atoms with Gasteiger partial charge in [0.05, 0.1) is 12.2 Å². The smallest absolute Gasteiger partial charge is 0.270 e. The maximum atomic E-state index is 12.2. The lowest BCUT2D eigenvalue weighted by Gasteiger charge is -2.33. The monoisotopic (exact) mass is 326 g/mol. The number of amides is 2. The Bertz CT molecular complexity index is 701. The molecule has 1 N–H and O–H groups in total. The fourth-order valence-electron chi connectivity index (χ4n) is 2.46. The molecule has 2 aromatic heterocycles. The number of hydrogen-bond acceptors (Lipinski definition) is 6. The maximum Gasteiger partial charge on any atom is 0.270 e. The Kier molecular flexibility index (Phi) is 4.95. The molecule has 0 saturated carbocycles. The summed E-state index contributed by atoms with van der Waals surface area (Å²) in [6, 6.07) is 7.21. The second-order valence-corrected chi connectivity index (χ2v) is 5.39. The molecular formula is C16H18N6O2. The molecule has 8 heteroatoms. The summed E-state index contributed by atoms with van der Waals surface area (Å²) in [5.41, 5.74) is 1.10. The van der Waals surface area contributed by atoms with E-state index in [1.165, 1.54) is 6.33 Å². The minimum atomic E-state index is -0.268. The van der Waals surface area contributed by atoms with Gasteiger partial charge in [0.15, 0.2) is 0 Å². The Morgan fingerprint density at radius 2 is 2.00 bits per heavy atom. The van der Waals surface area contributed by atoms with Gasteiger partial charge in [-0.15, -0.1) is 0 Å². The fraction of sp³-hybridized carbons (Fsp3) is 0.312. The van der Waals surface area contributed by atoms with Crippen molar-refractivity contribution >= 4 is 18.1 Å². The number of pyridine rings is 1.